The third-order valence-corrected chi connectivity index (χ3v) is 3.72. The third kappa shape index (κ3) is 2.80. The van der Waals surface area contributed by atoms with Crippen molar-refractivity contribution in [1.29, 1.82) is 0 Å². The lowest BCUT2D eigenvalue weighted by molar-refractivity contribution is 0.396. The van der Waals surface area contributed by atoms with Gasteiger partial charge in [-0.1, -0.05) is 25.7 Å². The van der Waals surface area contributed by atoms with Crippen molar-refractivity contribution in [2.24, 2.45) is 11.7 Å². The minimum absolute atomic E-state index is 0.0114. The zero-order valence-electron chi connectivity index (χ0n) is 10.6. The number of hydrogen-bond donors (Lipinski definition) is 1. The van der Waals surface area contributed by atoms with Gasteiger partial charge in [-0.05, 0) is 12.3 Å². The summed E-state index contributed by atoms with van der Waals surface area (Å²) in [6.07, 6.45) is 5.29. The highest BCUT2D eigenvalue weighted by atomic mass is 19.1. The van der Waals surface area contributed by atoms with E-state index in [1.54, 1.807) is 0 Å². The molecule has 1 aromatic rings. The van der Waals surface area contributed by atoms with E-state index in [-0.39, 0.29) is 11.3 Å². The molecule has 0 radical (unpaired) electrons. The zero-order valence-corrected chi connectivity index (χ0v) is 10.6. The van der Waals surface area contributed by atoms with E-state index < -0.39 is 17.7 Å². The molecule has 100 valence electrons. The Balaban J connectivity index is 2.15. The molecule has 1 unspecified atom stereocenters. The molecule has 0 heterocycles. The Labute approximate surface area is 106 Å². The van der Waals surface area contributed by atoms with E-state index in [1.165, 1.54) is 32.1 Å². The van der Waals surface area contributed by atoms with Crippen LogP contribution in [-0.2, 0) is 0 Å². The van der Waals surface area contributed by atoms with Gasteiger partial charge < -0.3 is 10.5 Å². The molecular formula is C14H19F2NO. The number of benzene rings is 1. The van der Waals surface area contributed by atoms with Crippen LogP contribution in [0.1, 0.15) is 43.7 Å². The fourth-order valence-corrected chi connectivity index (χ4v) is 2.76. The maximum Gasteiger partial charge on any atom is 0.134 e. The first kappa shape index (κ1) is 13.3. The van der Waals surface area contributed by atoms with Crippen LogP contribution in [-0.4, -0.2) is 7.11 Å². The smallest absolute Gasteiger partial charge is 0.134 e. The van der Waals surface area contributed by atoms with E-state index in [2.05, 4.69) is 0 Å². The molecule has 18 heavy (non-hydrogen) atoms. The molecule has 2 rings (SSSR count). The van der Waals surface area contributed by atoms with Crippen molar-refractivity contribution < 1.29 is 13.5 Å². The first-order chi connectivity index (χ1) is 8.61. The van der Waals surface area contributed by atoms with Gasteiger partial charge in [0.05, 0.1) is 7.11 Å². The van der Waals surface area contributed by atoms with Crippen molar-refractivity contribution >= 4 is 0 Å². The Morgan fingerprint density at radius 1 is 1.28 bits per heavy atom. The topological polar surface area (TPSA) is 35.2 Å². The standard InChI is InChI=1S/C14H19F2NO/c1-18-10-7-11(15)14(12(16)8-10)13(17)6-9-4-2-3-5-9/h7-9,13H,2-6,17H2,1H3. The lowest BCUT2D eigenvalue weighted by Gasteiger charge is -2.18. The van der Waals surface area contributed by atoms with Gasteiger partial charge in [-0.2, -0.15) is 0 Å². The van der Waals surface area contributed by atoms with Gasteiger partial charge in [0.25, 0.3) is 0 Å². The van der Waals surface area contributed by atoms with E-state index in [0.29, 0.717) is 12.3 Å². The predicted molar refractivity (Wildman–Crippen MR) is 66.4 cm³/mol. The molecule has 1 fully saturated rings. The molecule has 2 N–H and O–H groups in total. The summed E-state index contributed by atoms with van der Waals surface area (Å²) in [6.45, 7) is 0. The number of rotatable bonds is 4. The van der Waals surface area contributed by atoms with Crippen LogP contribution in [0.4, 0.5) is 8.78 Å². The fraction of sp³-hybridized carbons (Fsp3) is 0.571. The molecular weight excluding hydrogens is 236 g/mol. The molecule has 2 nitrogen and oxygen atoms in total. The average molecular weight is 255 g/mol. The molecule has 1 aromatic carbocycles. The van der Waals surface area contributed by atoms with E-state index in [1.807, 2.05) is 0 Å². The van der Waals surface area contributed by atoms with Gasteiger partial charge in [0.2, 0.25) is 0 Å². The molecule has 1 saturated carbocycles. The first-order valence-corrected chi connectivity index (χ1v) is 6.40. The highest BCUT2D eigenvalue weighted by molar-refractivity contribution is 5.32. The highest BCUT2D eigenvalue weighted by Gasteiger charge is 2.23. The minimum Gasteiger partial charge on any atom is -0.497 e. The Morgan fingerprint density at radius 3 is 2.33 bits per heavy atom. The maximum absolute atomic E-state index is 13.8. The van der Waals surface area contributed by atoms with E-state index in [9.17, 15) is 8.78 Å². The van der Waals surface area contributed by atoms with Crippen LogP contribution in [0.25, 0.3) is 0 Å². The number of ether oxygens (including phenoxy) is 1. The van der Waals surface area contributed by atoms with Gasteiger partial charge in [0, 0.05) is 23.7 Å². The monoisotopic (exact) mass is 255 g/mol. The molecule has 4 heteroatoms. The summed E-state index contributed by atoms with van der Waals surface area (Å²) in [7, 11) is 1.38. The summed E-state index contributed by atoms with van der Waals surface area (Å²) in [5, 5.41) is 0. The molecule has 1 atom stereocenters. The molecule has 0 aromatic heterocycles. The van der Waals surface area contributed by atoms with Crippen LogP contribution in [0.3, 0.4) is 0 Å². The van der Waals surface area contributed by atoms with E-state index >= 15 is 0 Å². The molecule has 0 saturated heterocycles. The van der Waals surface area contributed by atoms with Crippen LogP contribution in [0.15, 0.2) is 12.1 Å². The summed E-state index contributed by atoms with van der Waals surface area (Å²) in [5.41, 5.74) is 5.94. The summed E-state index contributed by atoms with van der Waals surface area (Å²) in [5.74, 6) is -0.544. The van der Waals surface area contributed by atoms with Gasteiger partial charge in [0.1, 0.15) is 17.4 Å². The lowest BCUT2D eigenvalue weighted by Crippen LogP contribution is -2.17. The van der Waals surface area contributed by atoms with Crippen LogP contribution in [0.2, 0.25) is 0 Å². The molecule has 0 amide bonds. The van der Waals surface area contributed by atoms with Crippen LogP contribution < -0.4 is 10.5 Å². The van der Waals surface area contributed by atoms with Gasteiger partial charge in [-0.25, -0.2) is 8.78 Å². The van der Waals surface area contributed by atoms with Gasteiger partial charge in [-0.3, -0.25) is 0 Å². The van der Waals surface area contributed by atoms with E-state index in [4.69, 9.17) is 10.5 Å². The quantitative estimate of drug-likeness (QED) is 0.893. The number of nitrogens with two attached hydrogens (primary N) is 1. The van der Waals surface area contributed by atoms with Crippen LogP contribution in [0.5, 0.6) is 5.75 Å². The second kappa shape index (κ2) is 5.65. The number of halogens is 2. The second-order valence-corrected chi connectivity index (χ2v) is 5.00. The van der Waals surface area contributed by atoms with E-state index in [0.717, 1.165) is 12.8 Å². The average Bonchev–Trinajstić information content (AvgIpc) is 2.80. The van der Waals surface area contributed by atoms with Crippen molar-refractivity contribution in [2.45, 2.75) is 38.1 Å². The normalized spacial score (nSPS) is 18.0. The SMILES string of the molecule is COc1cc(F)c(C(N)CC2CCCC2)c(F)c1. The molecule has 1 aliphatic carbocycles. The first-order valence-electron chi connectivity index (χ1n) is 6.40. The number of methoxy groups -OCH3 is 1. The summed E-state index contributed by atoms with van der Waals surface area (Å²) in [4.78, 5) is 0. The van der Waals surface area contributed by atoms with Crippen LogP contribution >= 0.6 is 0 Å². The molecule has 1 aliphatic rings. The highest BCUT2D eigenvalue weighted by Crippen LogP contribution is 2.34. The van der Waals surface area contributed by atoms with Crippen molar-refractivity contribution in [1.82, 2.24) is 0 Å². The van der Waals surface area contributed by atoms with Crippen molar-refractivity contribution in [3.8, 4) is 5.75 Å². The van der Waals surface area contributed by atoms with Crippen molar-refractivity contribution in [3.63, 3.8) is 0 Å². The summed E-state index contributed by atoms with van der Waals surface area (Å²) in [6, 6.07) is 1.80. The summed E-state index contributed by atoms with van der Waals surface area (Å²) < 4.78 is 32.5. The van der Waals surface area contributed by atoms with Gasteiger partial charge in [-0.15, -0.1) is 0 Å². The Kier molecular flexibility index (Phi) is 4.17. The largest absolute Gasteiger partial charge is 0.497 e. The van der Waals surface area contributed by atoms with Crippen molar-refractivity contribution in [2.75, 3.05) is 7.11 Å². The van der Waals surface area contributed by atoms with Gasteiger partial charge in [0.15, 0.2) is 0 Å². The van der Waals surface area contributed by atoms with Crippen LogP contribution in [0, 0.1) is 17.6 Å². The van der Waals surface area contributed by atoms with Crippen molar-refractivity contribution in [3.05, 3.63) is 29.3 Å². The Hall–Kier alpha value is -1.16. The summed E-state index contributed by atoms with van der Waals surface area (Å²) >= 11 is 0. The third-order valence-electron chi connectivity index (χ3n) is 3.72. The second-order valence-electron chi connectivity index (χ2n) is 5.00. The lowest BCUT2D eigenvalue weighted by atomic mass is 9.93. The maximum atomic E-state index is 13.8. The Morgan fingerprint density at radius 2 is 1.83 bits per heavy atom. The predicted octanol–water partition coefficient (Wildman–Crippen LogP) is 3.55. The molecule has 0 spiro atoms. The number of hydrogen-bond acceptors (Lipinski definition) is 2. The Bertz CT molecular complexity index is 393. The minimum atomic E-state index is -0.614. The molecule has 0 bridgehead atoms. The fourth-order valence-electron chi connectivity index (χ4n) is 2.76. The van der Waals surface area contributed by atoms with Gasteiger partial charge >= 0.3 is 0 Å². The zero-order chi connectivity index (χ0) is 13.1. The molecule has 0 aliphatic heterocycles.